The summed E-state index contributed by atoms with van der Waals surface area (Å²) in [5.74, 6) is 1.16. The van der Waals surface area contributed by atoms with E-state index in [2.05, 4.69) is 58.0 Å². The Morgan fingerprint density at radius 3 is 2.66 bits per heavy atom. The van der Waals surface area contributed by atoms with E-state index in [1.807, 2.05) is 7.05 Å². The number of amides is 2. The van der Waals surface area contributed by atoms with E-state index in [0.717, 1.165) is 61.3 Å². The molecule has 186 valence electrons. The van der Waals surface area contributed by atoms with Crippen LogP contribution in [0.3, 0.4) is 0 Å². The van der Waals surface area contributed by atoms with E-state index in [1.54, 1.807) is 12.0 Å². The van der Waals surface area contributed by atoms with E-state index >= 15 is 0 Å². The second-order valence-corrected chi connectivity index (χ2v) is 10.0. The van der Waals surface area contributed by atoms with Crippen LogP contribution in [0.1, 0.15) is 54.8 Å². The Kier molecular flexibility index (Phi) is 7.07. The summed E-state index contributed by atoms with van der Waals surface area (Å²) in [7, 11) is 3.58. The number of aryl methyl sites for hydroxylation is 1. The van der Waals surface area contributed by atoms with E-state index in [-0.39, 0.29) is 29.9 Å². The SMILES string of the molecule is COc1cc2c(cc1CN(CC1CCC(=O)N1)C1CCCNC1c1ccccc1)N(C)C(=O)CC2. The number of fused-ring (bicyclic) bond motifs is 1. The van der Waals surface area contributed by atoms with Crippen LogP contribution in [0.2, 0.25) is 0 Å². The Hall–Kier alpha value is -2.90. The molecule has 2 aromatic rings. The minimum atomic E-state index is 0.142. The van der Waals surface area contributed by atoms with Gasteiger partial charge in [0.25, 0.3) is 0 Å². The molecule has 2 amide bonds. The third kappa shape index (κ3) is 5.07. The van der Waals surface area contributed by atoms with Crippen molar-refractivity contribution < 1.29 is 14.3 Å². The van der Waals surface area contributed by atoms with Gasteiger partial charge in [-0.05, 0) is 55.5 Å². The molecular weight excluding hydrogens is 440 g/mol. The van der Waals surface area contributed by atoms with Crippen molar-refractivity contribution in [1.29, 1.82) is 0 Å². The fraction of sp³-hybridized carbons (Fsp3) is 0.500. The van der Waals surface area contributed by atoms with Gasteiger partial charge in [-0.2, -0.15) is 0 Å². The Morgan fingerprint density at radius 1 is 1.09 bits per heavy atom. The van der Waals surface area contributed by atoms with Crippen molar-refractivity contribution in [2.45, 2.75) is 63.2 Å². The fourth-order valence-electron chi connectivity index (χ4n) is 5.92. The van der Waals surface area contributed by atoms with E-state index < -0.39 is 0 Å². The lowest BCUT2D eigenvalue weighted by Gasteiger charge is -2.42. The highest BCUT2D eigenvalue weighted by Crippen LogP contribution is 2.36. The summed E-state index contributed by atoms with van der Waals surface area (Å²) in [5.41, 5.74) is 4.51. The second-order valence-electron chi connectivity index (χ2n) is 10.0. The van der Waals surface area contributed by atoms with Gasteiger partial charge in [-0.15, -0.1) is 0 Å². The number of anilines is 1. The topological polar surface area (TPSA) is 73.9 Å². The first-order valence-electron chi connectivity index (χ1n) is 12.8. The van der Waals surface area contributed by atoms with Gasteiger partial charge in [-0.3, -0.25) is 14.5 Å². The Labute approximate surface area is 207 Å². The highest BCUT2D eigenvalue weighted by molar-refractivity contribution is 5.96. The monoisotopic (exact) mass is 476 g/mol. The molecule has 0 saturated carbocycles. The Balaban J connectivity index is 1.49. The fourth-order valence-corrected chi connectivity index (χ4v) is 5.92. The van der Waals surface area contributed by atoms with Gasteiger partial charge in [0.15, 0.2) is 0 Å². The normalized spacial score (nSPS) is 24.4. The quantitative estimate of drug-likeness (QED) is 0.642. The van der Waals surface area contributed by atoms with Crippen LogP contribution in [-0.2, 0) is 22.6 Å². The van der Waals surface area contributed by atoms with Gasteiger partial charge in [0.2, 0.25) is 11.8 Å². The predicted molar refractivity (Wildman–Crippen MR) is 137 cm³/mol. The first kappa shape index (κ1) is 23.8. The zero-order valence-electron chi connectivity index (χ0n) is 20.8. The number of hydrogen-bond donors (Lipinski definition) is 2. The molecule has 7 heteroatoms. The van der Waals surface area contributed by atoms with Crippen LogP contribution >= 0.6 is 0 Å². The second kappa shape index (κ2) is 10.4. The predicted octanol–water partition coefficient (Wildman–Crippen LogP) is 3.18. The number of benzene rings is 2. The van der Waals surface area contributed by atoms with E-state index in [1.165, 1.54) is 5.56 Å². The third-order valence-corrected chi connectivity index (χ3v) is 7.79. The molecule has 0 aliphatic carbocycles. The number of carbonyl (C=O) groups is 2. The average molecular weight is 477 g/mol. The van der Waals surface area contributed by atoms with Gasteiger partial charge in [0.1, 0.15) is 5.75 Å². The van der Waals surface area contributed by atoms with Crippen LogP contribution in [0.25, 0.3) is 0 Å². The Bertz CT molecular complexity index is 1070. The van der Waals surface area contributed by atoms with E-state index in [4.69, 9.17) is 4.74 Å². The minimum Gasteiger partial charge on any atom is -0.496 e. The average Bonchev–Trinajstić information content (AvgIpc) is 3.30. The third-order valence-electron chi connectivity index (χ3n) is 7.79. The molecule has 3 aliphatic heterocycles. The number of nitrogens with zero attached hydrogens (tertiary/aromatic N) is 2. The molecular formula is C28H36N4O3. The molecule has 3 heterocycles. The van der Waals surface area contributed by atoms with Crippen molar-refractivity contribution in [3.63, 3.8) is 0 Å². The highest BCUT2D eigenvalue weighted by Gasteiger charge is 2.34. The molecule has 3 unspecified atom stereocenters. The van der Waals surface area contributed by atoms with Gasteiger partial charge in [-0.1, -0.05) is 30.3 Å². The highest BCUT2D eigenvalue weighted by atomic mass is 16.5. The molecule has 0 aromatic heterocycles. The maximum atomic E-state index is 12.4. The number of rotatable bonds is 7. The number of hydrogen-bond acceptors (Lipinski definition) is 5. The molecule has 0 bridgehead atoms. The number of ether oxygens (including phenoxy) is 1. The first-order valence-corrected chi connectivity index (χ1v) is 12.8. The van der Waals surface area contributed by atoms with Gasteiger partial charge in [0, 0.05) is 62.4 Å². The molecule has 2 fully saturated rings. The zero-order valence-corrected chi connectivity index (χ0v) is 20.8. The number of piperidine rings is 1. The van der Waals surface area contributed by atoms with Crippen molar-refractivity contribution in [2.75, 3.05) is 32.1 Å². The van der Waals surface area contributed by atoms with E-state index in [0.29, 0.717) is 19.4 Å². The molecule has 2 aromatic carbocycles. The molecule has 7 nitrogen and oxygen atoms in total. The molecule has 0 radical (unpaired) electrons. The molecule has 2 N–H and O–H groups in total. The largest absolute Gasteiger partial charge is 0.496 e. The van der Waals surface area contributed by atoms with Crippen molar-refractivity contribution >= 4 is 17.5 Å². The lowest BCUT2D eigenvalue weighted by molar-refractivity contribution is -0.119. The van der Waals surface area contributed by atoms with Gasteiger partial charge in [-0.25, -0.2) is 0 Å². The summed E-state index contributed by atoms with van der Waals surface area (Å²) in [4.78, 5) is 28.7. The van der Waals surface area contributed by atoms with Gasteiger partial charge < -0.3 is 20.3 Å². The van der Waals surface area contributed by atoms with Crippen LogP contribution in [-0.4, -0.2) is 56.0 Å². The van der Waals surface area contributed by atoms with Crippen LogP contribution in [0.5, 0.6) is 5.75 Å². The van der Waals surface area contributed by atoms with Crippen molar-refractivity contribution in [1.82, 2.24) is 15.5 Å². The van der Waals surface area contributed by atoms with Crippen LogP contribution in [0, 0.1) is 0 Å². The molecule has 3 atom stereocenters. The molecule has 0 spiro atoms. The first-order chi connectivity index (χ1) is 17.0. The smallest absolute Gasteiger partial charge is 0.227 e. The van der Waals surface area contributed by atoms with Gasteiger partial charge >= 0.3 is 0 Å². The maximum absolute atomic E-state index is 12.4. The maximum Gasteiger partial charge on any atom is 0.227 e. The molecule has 5 rings (SSSR count). The van der Waals surface area contributed by atoms with Crippen molar-refractivity contribution in [3.05, 3.63) is 59.2 Å². The summed E-state index contributed by atoms with van der Waals surface area (Å²) in [5, 5.41) is 6.93. The van der Waals surface area contributed by atoms with Crippen molar-refractivity contribution in [2.24, 2.45) is 0 Å². The van der Waals surface area contributed by atoms with Crippen molar-refractivity contribution in [3.8, 4) is 5.75 Å². The number of methoxy groups -OCH3 is 1. The lowest BCUT2D eigenvalue weighted by atomic mass is 9.90. The van der Waals surface area contributed by atoms with Crippen LogP contribution in [0.15, 0.2) is 42.5 Å². The standard InChI is InChI=1S/C28H36N4O3/c1-31-24-15-21(25(35-2)16-20(24)10-13-27(31)34)17-32(18-22-11-12-26(33)30-22)23-9-6-14-29-28(23)19-7-4-3-5-8-19/h3-5,7-8,15-16,22-23,28-29H,6,9-14,17-18H2,1-2H3,(H,30,33). The minimum absolute atomic E-state index is 0.142. The summed E-state index contributed by atoms with van der Waals surface area (Å²) in [6.45, 7) is 2.48. The van der Waals surface area contributed by atoms with Crippen LogP contribution in [0.4, 0.5) is 5.69 Å². The van der Waals surface area contributed by atoms with Gasteiger partial charge in [0.05, 0.1) is 7.11 Å². The molecule has 3 aliphatic rings. The summed E-state index contributed by atoms with van der Waals surface area (Å²) in [6.07, 6.45) is 4.93. The zero-order chi connectivity index (χ0) is 24.4. The summed E-state index contributed by atoms with van der Waals surface area (Å²) < 4.78 is 5.84. The summed E-state index contributed by atoms with van der Waals surface area (Å²) >= 11 is 0. The molecule has 35 heavy (non-hydrogen) atoms. The van der Waals surface area contributed by atoms with E-state index in [9.17, 15) is 9.59 Å². The Morgan fingerprint density at radius 2 is 1.91 bits per heavy atom. The summed E-state index contributed by atoms with van der Waals surface area (Å²) in [6, 6.07) is 15.6. The number of carbonyl (C=O) groups excluding carboxylic acids is 2. The lowest BCUT2D eigenvalue weighted by Crippen LogP contribution is -2.51. The number of nitrogens with one attached hydrogen (secondary N) is 2. The molecule has 2 saturated heterocycles. The van der Waals surface area contributed by atoms with Crippen LogP contribution < -0.4 is 20.3 Å².